The average molecular weight is 192 g/mol. The Bertz CT molecular complexity index is 263. The minimum Gasteiger partial charge on any atom is -0.295 e. The molecule has 0 saturated carbocycles. The summed E-state index contributed by atoms with van der Waals surface area (Å²) in [6, 6.07) is 0. The fourth-order valence-electron chi connectivity index (χ4n) is 1.02. The second-order valence-electron chi connectivity index (χ2n) is 3.80. The van der Waals surface area contributed by atoms with Crippen LogP contribution in [0.15, 0.2) is 35.5 Å². The van der Waals surface area contributed by atoms with E-state index in [1.165, 1.54) is 11.1 Å². The first kappa shape index (κ1) is 12.9. The van der Waals surface area contributed by atoms with Gasteiger partial charge in [-0.15, -0.1) is 0 Å². The van der Waals surface area contributed by atoms with E-state index in [0.717, 1.165) is 12.8 Å². The molecule has 0 N–H and O–H groups in total. The molecular weight excluding hydrogens is 172 g/mol. The van der Waals surface area contributed by atoms with Crippen LogP contribution in [0.1, 0.15) is 40.5 Å². The Kier molecular flexibility index (Phi) is 6.73. The smallest absolute Gasteiger partial charge is 0.152 e. The van der Waals surface area contributed by atoms with E-state index in [2.05, 4.69) is 26.8 Å². The lowest BCUT2D eigenvalue weighted by atomic mass is 10.1. The van der Waals surface area contributed by atoms with Crippen molar-refractivity contribution in [2.24, 2.45) is 0 Å². The minimum atomic E-state index is 0.0957. The maximum atomic E-state index is 10.6. The number of carbonyl (C=O) groups is 1. The highest BCUT2D eigenvalue weighted by Gasteiger charge is 1.87. The summed E-state index contributed by atoms with van der Waals surface area (Å²) < 4.78 is 0. The Hall–Kier alpha value is -1.11. The van der Waals surface area contributed by atoms with E-state index in [0.29, 0.717) is 0 Å². The highest BCUT2D eigenvalue weighted by atomic mass is 16.1. The molecule has 0 bridgehead atoms. The summed E-state index contributed by atoms with van der Waals surface area (Å²) in [5.74, 6) is 0.0957. The van der Waals surface area contributed by atoms with Crippen LogP contribution in [0.3, 0.4) is 0 Å². The third-order valence-electron chi connectivity index (χ3n) is 1.80. The number of rotatable bonds is 5. The van der Waals surface area contributed by atoms with E-state index >= 15 is 0 Å². The van der Waals surface area contributed by atoms with Crippen molar-refractivity contribution in [1.29, 1.82) is 0 Å². The summed E-state index contributed by atoms with van der Waals surface area (Å²) in [4.78, 5) is 10.6. The Morgan fingerprint density at radius 1 is 1.14 bits per heavy atom. The molecule has 0 spiro atoms. The van der Waals surface area contributed by atoms with Gasteiger partial charge >= 0.3 is 0 Å². The zero-order valence-corrected chi connectivity index (χ0v) is 9.63. The minimum absolute atomic E-state index is 0.0957. The second-order valence-corrected chi connectivity index (χ2v) is 3.80. The van der Waals surface area contributed by atoms with Gasteiger partial charge < -0.3 is 0 Å². The molecule has 0 aromatic carbocycles. The molecule has 0 aromatic heterocycles. The standard InChI is InChI=1S/C13H20O/c1-11(2)7-5-8-12(3)9-6-10-13(4)14/h6-7,9-10H,5,8H2,1-4H3. The maximum Gasteiger partial charge on any atom is 0.152 e. The molecule has 1 heteroatoms. The molecule has 0 aliphatic heterocycles. The van der Waals surface area contributed by atoms with Gasteiger partial charge in [-0.05, 0) is 46.6 Å². The van der Waals surface area contributed by atoms with Crippen LogP contribution >= 0.6 is 0 Å². The molecule has 0 atom stereocenters. The van der Waals surface area contributed by atoms with Crippen LogP contribution in [0, 0.1) is 0 Å². The zero-order chi connectivity index (χ0) is 11.0. The molecule has 0 fully saturated rings. The number of carbonyl (C=O) groups excluding carboxylic acids is 1. The van der Waals surface area contributed by atoms with Crippen LogP contribution in [0.25, 0.3) is 0 Å². The molecular formula is C13H20O. The van der Waals surface area contributed by atoms with E-state index in [1.54, 1.807) is 13.0 Å². The first-order valence-corrected chi connectivity index (χ1v) is 5.00. The van der Waals surface area contributed by atoms with Gasteiger partial charge in [0, 0.05) is 0 Å². The van der Waals surface area contributed by atoms with Crippen LogP contribution < -0.4 is 0 Å². The Morgan fingerprint density at radius 2 is 1.79 bits per heavy atom. The predicted octanol–water partition coefficient (Wildman–Crippen LogP) is 3.82. The Morgan fingerprint density at radius 3 is 2.29 bits per heavy atom. The molecule has 14 heavy (non-hydrogen) atoms. The second kappa shape index (κ2) is 7.31. The summed E-state index contributed by atoms with van der Waals surface area (Å²) in [6.45, 7) is 7.86. The fourth-order valence-corrected chi connectivity index (χ4v) is 1.02. The molecule has 0 saturated heterocycles. The van der Waals surface area contributed by atoms with Gasteiger partial charge in [-0.3, -0.25) is 4.79 Å². The van der Waals surface area contributed by atoms with Gasteiger partial charge in [-0.2, -0.15) is 0 Å². The first-order valence-electron chi connectivity index (χ1n) is 5.00. The van der Waals surface area contributed by atoms with Crippen molar-refractivity contribution in [1.82, 2.24) is 0 Å². The van der Waals surface area contributed by atoms with Crippen molar-refractivity contribution in [2.45, 2.75) is 40.5 Å². The highest BCUT2D eigenvalue weighted by Crippen LogP contribution is 2.06. The zero-order valence-electron chi connectivity index (χ0n) is 9.63. The lowest BCUT2D eigenvalue weighted by Crippen LogP contribution is -1.79. The van der Waals surface area contributed by atoms with E-state index in [-0.39, 0.29) is 5.78 Å². The molecule has 0 aliphatic rings. The van der Waals surface area contributed by atoms with Crippen molar-refractivity contribution >= 4 is 5.78 Å². The monoisotopic (exact) mass is 192 g/mol. The van der Waals surface area contributed by atoms with Crippen LogP contribution in [-0.4, -0.2) is 5.78 Å². The third kappa shape index (κ3) is 8.98. The summed E-state index contributed by atoms with van der Waals surface area (Å²) >= 11 is 0. The van der Waals surface area contributed by atoms with E-state index in [1.807, 2.05) is 12.2 Å². The van der Waals surface area contributed by atoms with Crippen LogP contribution in [0.2, 0.25) is 0 Å². The quantitative estimate of drug-likeness (QED) is 0.367. The van der Waals surface area contributed by atoms with E-state index in [4.69, 9.17) is 0 Å². The third-order valence-corrected chi connectivity index (χ3v) is 1.80. The first-order chi connectivity index (χ1) is 6.52. The SMILES string of the molecule is CC(=O)C=CC=C(C)CCC=C(C)C. The molecule has 0 unspecified atom stereocenters. The van der Waals surface area contributed by atoms with Crippen LogP contribution in [0.4, 0.5) is 0 Å². The predicted molar refractivity (Wildman–Crippen MR) is 62.2 cm³/mol. The maximum absolute atomic E-state index is 10.6. The number of hydrogen-bond donors (Lipinski definition) is 0. The van der Waals surface area contributed by atoms with Crippen molar-refractivity contribution < 1.29 is 4.79 Å². The molecule has 1 nitrogen and oxygen atoms in total. The van der Waals surface area contributed by atoms with Gasteiger partial charge in [0.25, 0.3) is 0 Å². The topological polar surface area (TPSA) is 17.1 Å². The van der Waals surface area contributed by atoms with E-state index in [9.17, 15) is 4.79 Å². The molecule has 0 amide bonds. The Labute approximate surface area is 87.2 Å². The van der Waals surface area contributed by atoms with Gasteiger partial charge in [-0.25, -0.2) is 0 Å². The molecule has 0 aromatic rings. The highest BCUT2D eigenvalue weighted by molar-refractivity contribution is 5.87. The van der Waals surface area contributed by atoms with Crippen molar-refractivity contribution in [3.8, 4) is 0 Å². The van der Waals surface area contributed by atoms with Gasteiger partial charge in [0.1, 0.15) is 0 Å². The van der Waals surface area contributed by atoms with Crippen molar-refractivity contribution in [3.63, 3.8) is 0 Å². The van der Waals surface area contributed by atoms with Gasteiger partial charge in [0.05, 0.1) is 0 Å². The summed E-state index contributed by atoms with van der Waals surface area (Å²) in [7, 11) is 0. The molecule has 0 heterocycles. The van der Waals surface area contributed by atoms with Gasteiger partial charge in [0.2, 0.25) is 0 Å². The molecule has 78 valence electrons. The normalized spacial score (nSPS) is 11.9. The van der Waals surface area contributed by atoms with Gasteiger partial charge in [0.15, 0.2) is 5.78 Å². The lowest BCUT2D eigenvalue weighted by molar-refractivity contribution is -0.112. The fraction of sp³-hybridized carbons (Fsp3) is 0.462. The number of allylic oxidation sites excluding steroid dienone is 6. The summed E-state index contributed by atoms with van der Waals surface area (Å²) in [5.41, 5.74) is 2.66. The summed E-state index contributed by atoms with van der Waals surface area (Å²) in [5, 5.41) is 0. The van der Waals surface area contributed by atoms with Gasteiger partial charge in [-0.1, -0.05) is 29.4 Å². The number of hydrogen-bond acceptors (Lipinski definition) is 1. The van der Waals surface area contributed by atoms with Crippen LogP contribution in [-0.2, 0) is 4.79 Å². The summed E-state index contributed by atoms with van der Waals surface area (Å²) in [6.07, 6.45) is 9.78. The van der Waals surface area contributed by atoms with E-state index < -0.39 is 0 Å². The van der Waals surface area contributed by atoms with Crippen molar-refractivity contribution in [2.75, 3.05) is 0 Å². The largest absolute Gasteiger partial charge is 0.295 e. The van der Waals surface area contributed by atoms with Crippen molar-refractivity contribution in [3.05, 3.63) is 35.5 Å². The molecule has 0 aliphatic carbocycles. The molecule has 0 radical (unpaired) electrons. The molecule has 0 rings (SSSR count). The number of ketones is 1. The Balaban J connectivity index is 3.90. The van der Waals surface area contributed by atoms with Crippen LogP contribution in [0.5, 0.6) is 0 Å². The lowest BCUT2D eigenvalue weighted by Gasteiger charge is -1.96. The average Bonchev–Trinajstić information content (AvgIpc) is 2.02.